The van der Waals surface area contributed by atoms with E-state index in [-0.39, 0.29) is 24.0 Å². The SMILES string of the molecule is CCOC(=O)CCc1nc2ccc(Br)cc2nc1Oc1ccc([N+](=O)[O-])cc1. The summed E-state index contributed by atoms with van der Waals surface area (Å²) in [7, 11) is 0. The van der Waals surface area contributed by atoms with Crippen LogP contribution in [0.3, 0.4) is 0 Å². The highest BCUT2D eigenvalue weighted by atomic mass is 79.9. The summed E-state index contributed by atoms with van der Waals surface area (Å²) < 4.78 is 11.6. The number of aryl methyl sites for hydroxylation is 1. The standard InChI is InChI=1S/C19H16BrN3O5/c1-2-27-18(24)10-9-16-19(22-17-11-12(20)3-8-15(17)21-16)28-14-6-4-13(5-7-14)23(25)26/h3-8,11H,2,9-10H2,1H3. The molecule has 0 N–H and O–H groups in total. The molecule has 28 heavy (non-hydrogen) atoms. The van der Waals surface area contributed by atoms with Crippen molar-refractivity contribution in [3.8, 4) is 11.6 Å². The molecule has 0 atom stereocenters. The molecule has 0 fully saturated rings. The van der Waals surface area contributed by atoms with Crippen LogP contribution < -0.4 is 4.74 Å². The normalized spacial score (nSPS) is 10.6. The average Bonchev–Trinajstić information content (AvgIpc) is 2.67. The number of nitro benzene ring substituents is 1. The number of nitrogens with zero attached hydrogens (tertiary/aromatic N) is 3. The fraction of sp³-hybridized carbons (Fsp3) is 0.211. The maximum absolute atomic E-state index is 11.7. The number of hydrogen-bond donors (Lipinski definition) is 0. The van der Waals surface area contributed by atoms with Crippen molar-refractivity contribution in [1.29, 1.82) is 0 Å². The van der Waals surface area contributed by atoms with Crippen LogP contribution in [0.25, 0.3) is 11.0 Å². The predicted octanol–water partition coefficient (Wildman–Crippen LogP) is 4.59. The van der Waals surface area contributed by atoms with Gasteiger partial charge in [-0.05, 0) is 37.3 Å². The topological polar surface area (TPSA) is 104 Å². The summed E-state index contributed by atoms with van der Waals surface area (Å²) in [6, 6.07) is 11.1. The smallest absolute Gasteiger partial charge is 0.306 e. The summed E-state index contributed by atoms with van der Waals surface area (Å²) in [4.78, 5) is 31.1. The van der Waals surface area contributed by atoms with Gasteiger partial charge in [-0.2, -0.15) is 0 Å². The van der Waals surface area contributed by atoms with E-state index in [9.17, 15) is 14.9 Å². The second-order valence-corrected chi connectivity index (χ2v) is 6.68. The van der Waals surface area contributed by atoms with Gasteiger partial charge in [-0.15, -0.1) is 0 Å². The summed E-state index contributed by atoms with van der Waals surface area (Å²) in [6.45, 7) is 2.05. The first-order valence-corrected chi connectivity index (χ1v) is 9.29. The molecular weight excluding hydrogens is 430 g/mol. The van der Waals surface area contributed by atoms with Crippen molar-refractivity contribution in [3.63, 3.8) is 0 Å². The number of carbonyl (C=O) groups is 1. The number of fused-ring (bicyclic) bond motifs is 1. The van der Waals surface area contributed by atoms with Gasteiger partial charge in [0.1, 0.15) is 11.4 Å². The molecule has 0 spiro atoms. The second kappa shape index (κ2) is 8.75. The van der Waals surface area contributed by atoms with E-state index >= 15 is 0 Å². The molecule has 0 unspecified atom stereocenters. The van der Waals surface area contributed by atoms with Crippen molar-refractivity contribution in [2.75, 3.05) is 6.61 Å². The number of rotatable bonds is 7. The van der Waals surface area contributed by atoms with Gasteiger partial charge in [0.2, 0.25) is 5.88 Å². The molecule has 0 bridgehead atoms. The van der Waals surface area contributed by atoms with Crippen LogP contribution in [0, 0.1) is 10.1 Å². The van der Waals surface area contributed by atoms with Crippen molar-refractivity contribution in [1.82, 2.24) is 9.97 Å². The first-order chi connectivity index (χ1) is 13.5. The predicted molar refractivity (Wildman–Crippen MR) is 105 cm³/mol. The summed E-state index contributed by atoms with van der Waals surface area (Å²) in [5, 5.41) is 10.8. The van der Waals surface area contributed by atoms with Gasteiger partial charge >= 0.3 is 5.97 Å². The first kappa shape index (κ1) is 19.7. The highest BCUT2D eigenvalue weighted by Gasteiger charge is 2.15. The molecule has 8 nitrogen and oxygen atoms in total. The van der Waals surface area contributed by atoms with Crippen molar-refractivity contribution in [2.24, 2.45) is 0 Å². The number of hydrogen-bond acceptors (Lipinski definition) is 7. The number of aromatic nitrogens is 2. The molecule has 0 radical (unpaired) electrons. The van der Waals surface area contributed by atoms with Crippen molar-refractivity contribution >= 4 is 38.6 Å². The number of benzene rings is 2. The lowest BCUT2D eigenvalue weighted by atomic mass is 10.2. The average molecular weight is 446 g/mol. The van der Waals surface area contributed by atoms with Crippen molar-refractivity contribution < 1.29 is 19.2 Å². The Morgan fingerprint density at radius 2 is 1.89 bits per heavy atom. The minimum atomic E-state index is -0.484. The largest absolute Gasteiger partial charge is 0.466 e. The van der Waals surface area contributed by atoms with E-state index in [0.717, 1.165) is 4.47 Å². The van der Waals surface area contributed by atoms with Gasteiger partial charge in [0.05, 0.1) is 29.0 Å². The van der Waals surface area contributed by atoms with E-state index in [2.05, 4.69) is 25.9 Å². The molecule has 0 aliphatic rings. The van der Waals surface area contributed by atoms with Gasteiger partial charge in [0.25, 0.3) is 5.69 Å². The molecule has 0 aliphatic carbocycles. The van der Waals surface area contributed by atoms with E-state index in [1.165, 1.54) is 24.3 Å². The summed E-state index contributed by atoms with van der Waals surface area (Å²) in [6.07, 6.45) is 0.432. The Hall–Kier alpha value is -3.07. The lowest BCUT2D eigenvalue weighted by Gasteiger charge is -2.11. The Bertz CT molecular complexity index is 1020. The molecule has 0 amide bonds. The van der Waals surface area contributed by atoms with Gasteiger partial charge in [-0.25, -0.2) is 9.97 Å². The van der Waals surface area contributed by atoms with E-state index in [0.29, 0.717) is 35.5 Å². The molecule has 2 aromatic carbocycles. The van der Waals surface area contributed by atoms with Crippen LogP contribution in [0.4, 0.5) is 5.69 Å². The zero-order valence-electron chi connectivity index (χ0n) is 14.9. The maximum atomic E-state index is 11.7. The molecular formula is C19H16BrN3O5. The molecule has 0 aliphatic heterocycles. The molecule has 1 aromatic heterocycles. The third kappa shape index (κ3) is 4.80. The van der Waals surface area contributed by atoms with Crippen molar-refractivity contribution in [2.45, 2.75) is 19.8 Å². The fourth-order valence-corrected chi connectivity index (χ4v) is 2.84. The summed E-state index contributed by atoms with van der Waals surface area (Å²) in [5.41, 5.74) is 1.74. The van der Waals surface area contributed by atoms with Crippen LogP contribution in [-0.4, -0.2) is 27.5 Å². The van der Waals surface area contributed by atoms with E-state index in [1.807, 2.05) is 12.1 Å². The molecule has 144 valence electrons. The monoisotopic (exact) mass is 445 g/mol. The zero-order valence-corrected chi connectivity index (χ0v) is 16.5. The second-order valence-electron chi connectivity index (χ2n) is 5.77. The van der Waals surface area contributed by atoms with Crippen LogP contribution in [-0.2, 0) is 16.0 Å². The van der Waals surface area contributed by atoms with E-state index in [4.69, 9.17) is 9.47 Å². The Kier molecular flexibility index (Phi) is 6.15. The number of non-ortho nitro benzene ring substituents is 1. The first-order valence-electron chi connectivity index (χ1n) is 8.50. The van der Waals surface area contributed by atoms with Gasteiger partial charge < -0.3 is 9.47 Å². The molecule has 0 saturated carbocycles. The molecule has 1 heterocycles. The fourth-order valence-electron chi connectivity index (χ4n) is 2.49. The highest BCUT2D eigenvalue weighted by Crippen LogP contribution is 2.28. The summed E-state index contributed by atoms with van der Waals surface area (Å²) in [5.74, 6) is 0.289. The van der Waals surface area contributed by atoms with E-state index in [1.54, 1.807) is 13.0 Å². The van der Waals surface area contributed by atoms with Crippen LogP contribution in [0.2, 0.25) is 0 Å². The van der Waals surface area contributed by atoms with Gasteiger partial charge in [0, 0.05) is 23.0 Å². The zero-order chi connectivity index (χ0) is 20.1. The maximum Gasteiger partial charge on any atom is 0.306 e. The van der Waals surface area contributed by atoms with Crippen molar-refractivity contribution in [3.05, 3.63) is 62.7 Å². The van der Waals surface area contributed by atoms with Gasteiger partial charge in [-0.1, -0.05) is 15.9 Å². The Morgan fingerprint density at radius 3 is 2.57 bits per heavy atom. The minimum Gasteiger partial charge on any atom is -0.466 e. The van der Waals surface area contributed by atoms with E-state index < -0.39 is 4.92 Å². The quantitative estimate of drug-likeness (QED) is 0.297. The number of ether oxygens (including phenoxy) is 2. The number of nitro groups is 1. The lowest BCUT2D eigenvalue weighted by molar-refractivity contribution is -0.384. The molecule has 0 saturated heterocycles. The van der Waals surface area contributed by atoms with Gasteiger partial charge in [0.15, 0.2) is 0 Å². The van der Waals surface area contributed by atoms with Crippen LogP contribution in [0.5, 0.6) is 11.6 Å². The third-order valence-corrected chi connectivity index (χ3v) is 4.29. The molecule has 9 heteroatoms. The number of esters is 1. The third-order valence-electron chi connectivity index (χ3n) is 3.80. The Labute approximate surface area is 168 Å². The number of carbonyl (C=O) groups excluding carboxylic acids is 1. The van der Waals surface area contributed by atoms with Crippen LogP contribution in [0.15, 0.2) is 46.9 Å². The summed E-state index contributed by atoms with van der Waals surface area (Å²) >= 11 is 3.40. The number of halogens is 1. The Morgan fingerprint density at radius 1 is 1.14 bits per heavy atom. The van der Waals surface area contributed by atoms with Gasteiger partial charge in [-0.3, -0.25) is 14.9 Å². The van der Waals surface area contributed by atoms with Crippen LogP contribution in [0.1, 0.15) is 19.0 Å². The molecule has 3 aromatic rings. The Balaban J connectivity index is 1.93. The highest BCUT2D eigenvalue weighted by molar-refractivity contribution is 9.10. The van der Waals surface area contributed by atoms with Crippen LogP contribution >= 0.6 is 15.9 Å². The minimum absolute atomic E-state index is 0.0385. The lowest BCUT2D eigenvalue weighted by Crippen LogP contribution is -2.07. The molecule has 3 rings (SSSR count).